The molecule has 0 rings (SSSR count). The van der Waals surface area contributed by atoms with Crippen LogP contribution in [0.25, 0.3) is 0 Å². The number of hydrogen-bond donors (Lipinski definition) is 0. The van der Waals surface area contributed by atoms with Crippen molar-refractivity contribution in [1.29, 1.82) is 0 Å². The minimum absolute atomic E-state index is 0. The maximum absolute atomic E-state index is 8.58. The van der Waals surface area contributed by atoms with E-state index in [9.17, 15) is 0 Å². The van der Waals surface area contributed by atoms with Crippen LogP contribution < -0.4 is 33.6 Å². The average molecular weight is 338 g/mol. The molecule has 0 aromatic rings. The van der Waals surface area contributed by atoms with Crippen LogP contribution in [0, 0.1) is 35.6 Å². The number of hydrogen-bond acceptors (Lipinski definition) is 6. The van der Waals surface area contributed by atoms with Crippen LogP contribution in [0.3, 0.4) is 0 Å². The Labute approximate surface area is 111 Å². The molecule has 10 heteroatoms. The summed E-state index contributed by atoms with van der Waals surface area (Å²) in [6, 6.07) is 0. The SMILES string of the molecule is [La+3].[Li+].[O]=[Ti]([O-])[O-].[O]=[Ti]([O-])[O-]. The molecule has 0 atom stereocenters. The van der Waals surface area contributed by atoms with Crippen LogP contribution in [0.1, 0.15) is 0 Å². The van der Waals surface area contributed by atoms with Crippen LogP contribution in [0.4, 0.5) is 0 Å². The normalized spacial score (nSPS) is 5.20. The molecule has 0 unspecified atom stereocenters. The summed E-state index contributed by atoms with van der Waals surface area (Å²) in [6.45, 7) is 0. The van der Waals surface area contributed by atoms with Crippen molar-refractivity contribution < 1.29 is 113 Å². The van der Waals surface area contributed by atoms with Crippen molar-refractivity contribution in [2.45, 2.75) is 0 Å². The monoisotopic (exact) mass is 338 g/mol. The van der Waals surface area contributed by atoms with Gasteiger partial charge in [-0.2, -0.15) is 0 Å². The van der Waals surface area contributed by atoms with Gasteiger partial charge in [0.1, 0.15) is 0 Å². The van der Waals surface area contributed by atoms with E-state index in [2.05, 4.69) is 0 Å². The van der Waals surface area contributed by atoms with Crippen LogP contribution in [0.2, 0.25) is 0 Å². The molecule has 10 heavy (non-hydrogen) atoms. The Kier molecular flexibility index (Phi) is 40.6. The fourth-order valence-corrected chi connectivity index (χ4v) is 0. The zero-order valence-corrected chi connectivity index (χ0v) is 11.8. The van der Waals surface area contributed by atoms with E-state index in [1.54, 1.807) is 0 Å². The van der Waals surface area contributed by atoms with Gasteiger partial charge < -0.3 is 0 Å². The Bertz CT molecular complexity index is 73.7. The Morgan fingerprint density at radius 3 is 0.800 bits per heavy atom. The minimum atomic E-state index is -4.08. The average Bonchev–Trinajstić information content (AvgIpc) is 1.25. The number of rotatable bonds is 0. The molecule has 0 heterocycles. The maximum atomic E-state index is 8.58. The molecule has 0 amide bonds. The van der Waals surface area contributed by atoms with Gasteiger partial charge >= 0.3 is 113 Å². The molecule has 0 N–H and O–H groups in total. The third-order valence-electron chi connectivity index (χ3n) is 0. The first-order chi connectivity index (χ1) is 3.46. The molecule has 0 radical (unpaired) electrons. The first kappa shape index (κ1) is 23.0. The van der Waals surface area contributed by atoms with Gasteiger partial charge in [-0.3, -0.25) is 0 Å². The zero-order chi connectivity index (χ0) is 7.15. The van der Waals surface area contributed by atoms with E-state index < -0.39 is 37.2 Å². The fraction of sp³-hybridized carbons (Fsp3) is 0. The first-order valence-electron chi connectivity index (χ1n) is 1.22. The zero-order valence-electron chi connectivity index (χ0n) is 5.03. The van der Waals surface area contributed by atoms with Crippen molar-refractivity contribution in [3.63, 3.8) is 0 Å². The van der Waals surface area contributed by atoms with E-state index in [-0.39, 0.29) is 54.5 Å². The van der Waals surface area contributed by atoms with E-state index in [1.165, 1.54) is 0 Å². The third-order valence-corrected chi connectivity index (χ3v) is 0. The molecule has 0 saturated carbocycles. The summed E-state index contributed by atoms with van der Waals surface area (Å²) in [5.74, 6) is 0. The fourth-order valence-electron chi connectivity index (χ4n) is 0. The Hall–Kier alpha value is 2.66. The molecule has 0 spiro atoms. The van der Waals surface area contributed by atoms with Gasteiger partial charge in [0.15, 0.2) is 0 Å². The van der Waals surface area contributed by atoms with E-state index in [0.717, 1.165) is 0 Å². The first-order valence-corrected chi connectivity index (χ1v) is 5.05. The molecule has 6 nitrogen and oxygen atoms in total. The van der Waals surface area contributed by atoms with Crippen molar-refractivity contribution in [3.05, 3.63) is 0 Å². The summed E-state index contributed by atoms with van der Waals surface area (Å²) in [5.41, 5.74) is 0. The molecule has 0 saturated heterocycles. The molecular weight excluding hydrogens is 338 g/mol. The molecule has 0 aliphatic carbocycles. The summed E-state index contributed by atoms with van der Waals surface area (Å²) in [6.07, 6.45) is 0. The molecule has 0 aromatic carbocycles. The van der Waals surface area contributed by atoms with Gasteiger partial charge in [-0.1, -0.05) is 0 Å². The molecule has 0 aliphatic rings. The van der Waals surface area contributed by atoms with Crippen LogP contribution in [-0.4, -0.2) is 0 Å². The van der Waals surface area contributed by atoms with Crippen LogP contribution in [0.15, 0.2) is 0 Å². The molecular formula is LaLiO6Ti2. The second-order valence-corrected chi connectivity index (χ2v) is 2.06. The summed E-state index contributed by atoms with van der Waals surface area (Å²) >= 11 is -8.17. The molecule has 0 fully saturated rings. The van der Waals surface area contributed by atoms with Gasteiger partial charge in [-0.05, 0) is 0 Å². The summed E-state index contributed by atoms with van der Waals surface area (Å²) in [7, 11) is 0. The van der Waals surface area contributed by atoms with Crippen LogP contribution in [-0.2, 0) is 43.9 Å². The van der Waals surface area contributed by atoms with Crippen molar-refractivity contribution >= 4 is 0 Å². The molecule has 48 valence electrons. The Morgan fingerprint density at radius 2 is 0.800 bits per heavy atom. The topological polar surface area (TPSA) is 126 Å². The van der Waals surface area contributed by atoms with Gasteiger partial charge in [0.25, 0.3) is 0 Å². The second kappa shape index (κ2) is 17.7. The van der Waals surface area contributed by atoms with Gasteiger partial charge in [-0.25, -0.2) is 0 Å². The van der Waals surface area contributed by atoms with Crippen LogP contribution >= 0.6 is 0 Å². The van der Waals surface area contributed by atoms with E-state index in [1.807, 2.05) is 0 Å². The van der Waals surface area contributed by atoms with E-state index in [4.69, 9.17) is 21.4 Å². The van der Waals surface area contributed by atoms with Crippen molar-refractivity contribution in [2.75, 3.05) is 0 Å². The quantitative estimate of drug-likeness (QED) is 0.404. The third kappa shape index (κ3) is 141. The second-order valence-electron chi connectivity index (χ2n) is 0.500. The standard InChI is InChI=1S/La.Li.6O.2Ti/q+3;+1;;;4*-1;;. The van der Waals surface area contributed by atoms with E-state index in [0.29, 0.717) is 0 Å². The molecule has 0 aromatic heterocycles. The van der Waals surface area contributed by atoms with Gasteiger partial charge in [0.05, 0.1) is 0 Å². The van der Waals surface area contributed by atoms with Crippen molar-refractivity contribution in [1.82, 2.24) is 0 Å². The summed E-state index contributed by atoms with van der Waals surface area (Å²) in [4.78, 5) is 0. The molecule has 0 aliphatic heterocycles. The van der Waals surface area contributed by atoms with Gasteiger partial charge in [-0.15, -0.1) is 0 Å². The predicted molar refractivity (Wildman–Crippen MR) is 1.37 cm³/mol. The van der Waals surface area contributed by atoms with Gasteiger partial charge in [0, 0.05) is 0 Å². The van der Waals surface area contributed by atoms with E-state index >= 15 is 0 Å². The van der Waals surface area contributed by atoms with Gasteiger partial charge in [0.2, 0.25) is 0 Å². The van der Waals surface area contributed by atoms with Crippen molar-refractivity contribution in [2.24, 2.45) is 0 Å². The Morgan fingerprint density at radius 1 is 0.800 bits per heavy atom. The van der Waals surface area contributed by atoms with Crippen molar-refractivity contribution in [3.8, 4) is 0 Å². The Balaban J connectivity index is -0.0000000300. The predicted octanol–water partition coefficient (Wildman–Crippen LogP) is -7.99. The summed E-state index contributed by atoms with van der Waals surface area (Å²) in [5, 5.41) is 0. The molecule has 0 bridgehead atoms. The summed E-state index contributed by atoms with van der Waals surface area (Å²) < 4.78 is 51.5. The van der Waals surface area contributed by atoms with Crippen LogP contribution in [0.5, 0.6) is 0 Å².